The first kappa shape index (κ1) is 25.5. The van der Waals surface area contributed by atoms with Gasteiger partial charge in [-0.2, -0.15) is 8.78 Å². The van der Waals surface area contributed by atoms with Crippen molar-refractivity contribution < 1.29 is 41.7 Å². The van der Waals surface area contributed by atoms with Crippen LogP contribution in [0.5, 0.6) is 17.2 Å². The van der Waals surface area contributed by atoms with Crippen LogP contribution in [0.3, 0.4) is 0 Å². The van der Waals surface area contributed by atoms with E-state index in [4.69, 9.17) is 23.4 Å². The molecule has 192 valence electrons. The number of alkyl halides is 2. The van der Waals surface area contributed by atoms with E-state index in [0.717, 1.165) is 18.8 Å². The Labute approximate surface area is 207 Å². The Hall–Kier alpha value is -3.63. The fraction of sp³-hybridized carbons (Fsp3) is 0.346. The van der Waals surface area contributed by atoms with E-state index < -0.39 is 12.2 Å². The number of benzene rings is 2. The number of carbonyl (C=O) groups excluding carboxylic acids is 1. The summed E-state index contributed by atoms with van der Waals surface area (Å²) >= 11 is 0. The maximum atomic E-state index is 12.9. The molecular formula is C26H27F2NO7. The second-order valence-electron chi connectivity index (χ2n) is 7.96. The summed E-state index contributed by atoms with van der Waals surface area (Å²) in [7, 11) is 4.08. The van der Waals surface area contributed by atoms with Gasteiger partial charge in [0.1, 0.15) is 11.5 Å². The van der Waals surface area contributed by atoms with Crippen molar-refractivity contribution in [3.8, 4) is 28.6 Å². The third-order valence-electron chi connectivity index (χ3n) is 6.08. The number of halogens is 2. The molecule has 0 N–H and O–H groups in total. The number of nitrogens with zero attached hydrogens (tertiary/aromatic N) is 1. The van der Waals surface area contributed by atoms with Gasteiger partial charge in [-0.15, -0.1) is 0 Å². The van der Waals surface area contributed by atoms with Gasteiger partial charge in [0.2, 0.25) is 11.4 Å². The van der Waals surface area contributed by atoms with Crippen molar-refractivity contribution >= 4 is 12.0 Å². The first-order chi connectivity index (χ1) is 17.4. The highest BCUT2D eigenvalue weighted by Crippen LogP contribution is 2.43. The summed E-state index contributed by atoms with van der Waals surface area (Å²) in [5.41, 5.74) is 0.585. The number of furan rings is 1. The number of hydrogen-bond donors (Lipinski definition) is 0. The van der Waals surface area contributed by atoms with E-state index in [2.05, 4.69) is 9.64 Å². The van der Waals surface area contributed by atoms with E-state index in [-0.39, 0.29) is 23.0 Å². The highest BCUT2D eigenvalue weighted by Gasteiger charge is 2.38. The van der Waals surface area contributed by atoms with Crippen LogP contribution < -0.4 is 19.1 Å². The quantitative estimate of drug-likeness (QED) is 0.375. The molecule has 0 saturated carbocycles. The lowest BCUT2D eigenvalue weighted by atomic mass is 9.92. The molecule has 1 fully saturated rings. The van der Waals surface area contributed by atoms with Crippen LogP contribution in [-0.4, -0.2) is 60.5 Å². The molecule has 0 bridgehead atoms. The molecule has 8 nitrogen and oxygen atoms in total. The minimum atomic E-state index is -3.06. The van der Waals surface area contributed by atoms with Crippen LogP contribution in [0.25, 0.3) is 11.3 Å². The highest BCUT2D eigenvalue weighted by molar-refractivity contribution is 5.73. The lowest BCUT2D eigenvalue weighted by Gasteiger charge is -2.30. The van der Waals surface area contributed by atoms with Crippen molar-refractivity contribution in [3.63, 3.8) is 0 Å². The van der Waals surface area contributed by atoms with Crippen molar-refractivity contribution in [2.45, 2.75) is 12.2 Å². The Kier molecular flexibility index (Phi) is 7.76. The number of carbonyl (C=O) groups is 1. The van der Waals surface area contributed by atoms with Gasteiger partial charge in [0, 0.05) is 31.5 Å². The van der Waals surface area contributed by atoms with Crippen LogP contribution in [0.4, 0.5) is 14.5 Å². The van der Waals surface area contributed by atoms with Crippen LogP contribution in [0, 0.1) is 0 Å². The molecule has 1 aliphatic rings. The molecule has 1 saturated heterocycles. The van der Waals surface area contributed by atoms with Gasteiger partial charge in [0.05, 0.1) is 27.4 Å². The smallest absolute Gasteiger partial charge is 0.387 e. The summed E-state index contributed by atoms with van der Waals surface area (Å²) < 4.78 is 57.9. The number of aldehydes is 1. The number of morpholine rings is 1. The van der Waals surface area contributed by atoms with Gasteiger partial charge in [-0.3, -0.25) is 4.79 Å². The largest absolute Gasteiger partial charge is 0.493 e. The van der Waals surface area contributed by atoms with Crippen LogP contribution in [0.15, 0.2) is 52.9 Å². The summed E-state index contributed by atoms with van der Waals surface area (Å²) in [6.45, 7) is -0.148. The zero-order valence-corrected chi connectivity index (χ0v) is 20.2. The van der Waals surface area contributed by atoms with E-state index >= 15 is 0 Å². The number of ether oxygens (including phenoxy) is 5. The molecule has 36 heavy (non-hydrogen) atoms. The van der Waals surface area contributed by atoms with Gasteiger partial charge in [-0.05, 0) is 42.0 Å². The number of methoxy groups -OCH3 is 3. The van der Waals surface area contributed by atoms with Gasteiger partial charge in [-0.25, -0.2) is 0 Å². The number of anilines is 1. The first-order valence-electron chi connectivity index (χ1n) is 11.2. The van der Waals surface area contributed by atoms with E-state index in [1.807, 2.05) is 24.3 Å². The van der Waals surface area contributed by atoms with Crippen molar-refractivity contribution in [1.82, 2.24) is 0 Å². The van der Waals surface area contributed by atoms with Gasteiger partial charge in [0.25, 0.3) is 0 Å². The van der Waals surface area contributed by atoms with Crippen molar-refractivity contribution in [1.29, 1.82) is 0 Å². The molecule has 1 aromatic heterocycles. The van der Waals surface area contributed by atoms with Crippen molar-refractivity contribution in [3.05, 3.63) is 59.9 Å². The molecule has 10 heteroatoms. The summed E-state index contributed by atoms with van der Waals surface area (Å²) in [5.74, 6) is 0.438. The molecule has 1 unspecified atom stereocenters. The third-order valence-corrected chi connectivity index (χ3v) is 6.08. The van der Waals surface area contributed by atoms with Crippen LogP contribution >= 0.6 is 0 Å². The molecule has 0 amide bonds. The number of hydrogen-bond acceptors (Lipinski definition) is 8. The van der Waals surface area contributed by atoms with E-state index in [1.165, 1.54) is 33.5 Å². The van der Waals surface area contributed by atoms with Crippen LogP contribution in [0.1, 0.15) is 11.3 Å². The second kappa shape index (κ2) is 11.0. The zero-order valence-electron chi connectivity index (χ0n) is 20.2. The Morgan fingerprint density at radius 2 is 1.61 bits per heavy atom. The predicted octanol–water partition coefficient (Wildman–Crippen LogP) is 4.49. The van der Waals surface area contributed by atoms with Gasteiger partial charge in [0.15, 0.2) is 17.8 Å². The molecule has 0 aliphatic carbocycles. The van der Waals surface area contributed by atoms with E-state index in [1.54, 1.807) is 12.1 Å². The van der Waals surface area contributed by atoms with E-state index in [9.17, 15) is 13.6 Å². The lowest BCUT2D eigenvalue weighted by Crippen LogP contribution is -2.36. The van der Waals surface area contributed by atoms with Crippen molar-refractivity contribution in [2.24, 2.45) is 0 Å². The molecular weight excluding hydrogens is 476 g/mol. The Balaban J connectivity index is 1.68. The standard InChI is InChI=1S/C26H27F2NO7/c1-31-21-14-17(15-22(32-2)24(21)36-25(27)28)20-8-9-23(35-20)26(16-30,33-3)18-4-6-19(7-5-18)29-10-12-34-13-11-29/h4-9,14-16,25H,10-13H2,1-3H3. The van der Waals surface area contributed by atoms with Crippen LogP contribution in [-0.2, 0) is 19.9 Å². The molecule has 1 aliphatic heterocycles. The fourth-order valence-electron chi connectivity index (χ4n) is 4.20. The van der Waals surface area contributed by atoms with Crippen molar-refractivity contribution in [2.75, 3.05) is 52.5 Å². The third kappa shape index (κ3) is 4.87. The fourth-order valence-corrected chi connectivity index (χ4v) is 4.20. The van der Waals surface area contributed by atoms with E-state index in [0.29, 0.717) is 36.4 Å². The van der Waals surface area contributed by atoms with Gasteiger partial charge < -0.3 is 33.0 Å². The zero-order chi connectivity index (χ0) is 25.7. The Bertz CT molecular complexity index is 1150. The minimum Gasteiger partial charge on any atom is -0.493 e. The highest BCUT2D eigenvalue weighted by atomic mass is 19.3. The molecule has 4 rings (SSSR count). The minimum absolute atomic E-state index is 0.0368. The van der Waals surface area contributed by atoms with Crippen LogP contribution in [0.2, 0.25) is 0 Å². The Morgan fingerprint density at radius 1 is 0.972 bits per heavy atom. The normalized spacial score (nSPS) is 15.4. The number of rotatable bonds is 10. The monoisotopic (exact) mass is 503 g/mol. The lowest BCUT2D eigenvalue weighted by molar-refractivity contribution is -0.125. The molecule has 2 aromatic carbocycles. The molecule has 3 aromatic rings. The molecule has 0 radical (unpaired) electrons. The maximum absolute atomic E-state index is 12.9. The summed E-state index contributed by atoms with van der Waals surface area (Å²) in [6.07, 6.45) is 0.681. The average molecular weight is 503 g/mol. The molecule has 2 heterocycles. The van der Waals surface area contributed by atoms with Gasteiger partial charge in [-0.1, -0.05) is 12.1 Å². The first-order valence-corrected chi connectivity index (χ1v) is 11.2. The Morgan fingerprint density at radius 3 is 2.14 bits per heavy atom. The molecule has 1 atom stereocenters. The van der Waals surface area contributed by atoms with Gasteiger partial charge >= 0.3 is 6.61 Å². The maximum Gasteiger partial charge on any atom is 0.387 e. The average Bonchev–Trinajstić information content (AvgIpc) is 3.41. The predicted molar refractivity (Wildman–Crippen MR) is 127 cm³/mol. The SMILES string of the molecule is COc1cc(-c2ccc(C(C=O)(OC)c3ccc(N4CCOCC4)cc3)o2)cc(OC)c1OC(F)F. The summed E-state index contributed by atoms with van der Waals surface area (Å²) in [6, 6.07) is 13.8. The summed E-state index contributed by atoms with van der Waals surface area (Å²) in [4.78, 5) is 14.6. The summed E-state index contributed by atoms with van der Waals surface area (Å²) in [5, 5.41) is 0. The topological polar surface area (TPSA) is 79.6 Å². The second-order valence-corrected chi connectivity index (χ2v) is 7.96. The molecule has 0 spiro atoms.